The summed E-state index contributed by atoms with van der Waals surface area (Å²) < 4.78 is 16.0. The molecule has 26 heavy (non-hydrogen) atoms. The topological polar surface area (TPSA) is 86.5 Å². The minimum absolute atomic E-state index is 0.0789. The standard InChI is InChI=1S/C19H19N3O4/c1-24-15-9-5-3-7-13(15)11-17-21-22-19(26-17)18(23)20-12-14-8-4-6-10-16(14)25-2/h3-10H,11-12H2,1-2H3,(H,20,23). The summed E-state index contributed by atoms with van der Waals surface area (Å²) in [7, 11) is 3.19. The first-order valence-corrected chi connectivity index (χ1v) is 8.05. The molecule has 0 aliphatic heterocycles. The van der Waals surface area contributed by atoms with E-state index in [-0.39, 0.29) is 5.89 Å². The van der Waals surface area contributed by atoms with E-state index in [9.17, 15) is 4.79 Å². The summed E-state index contributed by atoms with van der Waals surface area (Å²) in [6.45, 7) is 0.299. The molecule has 2 aromatic carbocycles. The number of para-hydroxylation sites is 2. The van der Waals surface area contributed by atoms with Gasteiger partial charge in [0.2, 0.25) is 5.89 Å². The predicted octanol–water partition coefficient (Wildman–Crippen LogP) is 2.61. The van der Waals surface area contributed by atoms with Crippen LogP contribution in [-0.4, -0.2) is 30.3 Å². The monoisotopic (exact) mass is 353 g/mol. The van der Waals surface area contributed by atoms with E-state index in [4.69, 9.17) is 13.9 Å². The van der Waals surface area contributed by atoms with E-state index < -0.39 is 5.91 Å². The van der Waals surface area contributed by atoms with Crippen molar-refractivity contribution in [2.45, 2.75) is 13.0 Å². The summed E-state index contributed by atoms with van der Waals surface area (Å²) in [4.78, 5) is 12.2. The lowest BCUT2D eigenvalue weighted by atomic mass is 10.1. The number of nitrogens with zero attached hydrogens (tertiary/aromatic N) is 2. The number of carbonyl (C=O) groups excluding carboxylic acids is 1. The van der Waals surface area contributed by atoms with Gasteiger partial charge in [0.1, 0.15) is 11.5 Å². The van der Waals surface area contributed by atoms with Crippen LogP contribution in [0.2, 0.25) is 0 Å². The average molecular weight is 353 g/mol. The molecule has 7 nitrogen and oxygen atoms in total. The molecule has 3 aromatic rings. The Morgan fingerprint density at radius 1 is 0.962 bits per heavy atom. The molecule has 0 bridgehead atoms. The van der Waals surface area contributed by atoms with Gasteiger partial charge in [0.15, 0.2) is 0 Å². The van der Waals surface area contributed by atoms with Crippen LogP contribution in [0.15, 0.2) is 52.9 Å². The van der Waals surface area contributed by atoms with Gasteiger partial charge < -0.3 is 19.2 Å². The van der Waals surface area contributed by atoms with Crippen molar-refractivity contribution in [2.75, 3.05) is 14.2 Å². The number of carbonyl (C=O) groups is 1. The molecule has 7 heteroatoms. The van der Waals surface area contributed by atoms with Gasteiger partial charge in [-0.25, -0.2) is 0 Å². The van der Waals surface area contributed by atoms with Gasteiger partial charge in [0.05, 0.1) is 20.6 Å². The molecule has 1 amide bonds. The maximum atomic E-state index is 12.2. The Kier molecular flexibility index (Phi) is 5.48. The fraction of sp³-hybridized carbons (Fsp3) is 0.211. The van der Waals surface area contributed by atoms with Gasteiger partial charge >= 0.3 is 11.8 Å². The minimum Gasteiger partial charge on any atom is -0.496 e. The molecule has 0 aliphatic carbocycles. The fourth-order valence-corrected chi connectivity index (χ4v) is 2.53. The van der Waals surface area contributed by atoms with Crippen molar-refractivity contribution in [1.29, 1.82) is 0 Å². The summed E-state index contributed by atoms with van der Waals surface area (Å²) >= 11 is 0. The molecule has 1 N–H and O–H groups in total. The lowest BCUT2D eigenvalue weighted by Gasteiger charge is -2.08. The van der Waals surface area contributed by atoms with E-state index >= 15 is 0 Å². The Hall–Kier alpha value is -3.35. The normalized spacial score (nSPS) is 10.4. The second-order valence-electron chi connectivity index (χ2n) is 5.48. The molecule has 0 spiro atoms. The number of rotatable bonds is 7. The zero-order chi connectivity index (χ0) is 18.4. The number of ether oxygens (including phenoxy) is 2. The number of hydrogen-bond donors (Lipinski definition) is 1. The number of nitrogens with one attached hydrogen (secondary N) is 1. The highest BCUT2D eigenvalue weighted by Crippen LogP contribution is 2.20. The quantitative estimate of drug-likeness (QED) is 0.703. The average Bonchev–Trinajstić information content (AvgIpc) is 3.15. The second-order valence-corrected chi connectivity index (χ2v) is 5.48. The van der Waals surface area contributed by atoms with Crippen molar-refractivity contribution in [3.8, 4) is 11.5 Å². The van der Waals surface area contributed by atoms with Gasteiger partial charge in [-0.1, -0.05) is 36.4 Å². The minimum atomic E-state index is -0.435. The maximum absolute atomic E-state index is 12.2. The molecule has 0 aliphatic rings. The van der Waals surface area contributed by atoms with Crippen molar-refractivity contribution in [1.82, 2.24) is 15.5 Å². The van der Waals surface area contributed by atoms with Gasteiger partial charge in [-0.15, -0.1) is 10.2 Å². The fourth-order valence-electron chi connectivity index (χ4n) is 2.53. The first-order chi connectivity index (χ1) is 12.7. The third kappa shape index (κ3) is 4.00. The van der Waals surface area contributed by atoms with Gasteiger partial charge in [-0.05, 0) is 12.1 Å². The van der Waals surface area contributed by atoms with Crippen LogP contribution in [0.4, 0.5) is 0 Å². The second kappa shape index (κ2) is 8.15. The number of hydrogen-bond acceptors (Lipinski definition) is 6. The Labute approximate surface area is 151 Å². The van der Waals surface area contributed by atoms with Crippen LogP contribution in [0.3, 0.4) is 0 Å². The summed E-state index contributed by atoms with van der Waals surface area (Å²) in [5.41, 5.74) is 1.76. The highest BCUT2D eigenvalue weighted by Gasteiger charge is 2.16. The molecule has 1 heterocycles. The molecule has 0 radical (unpaired) electrons. The SMILES string of the molecule is COc1ccccc1CNC(=O)c1nnc(Cc2ccccc2OC)o1. The van der Waals surface area contributed by atoms with Crippen molar-refractivity contribution in [2.24, 2.45) is 0 Å². The van der Waals surface area contributed by atoms with Crippen LogP contribution in [0.1, 0.15) is 27.7 Å². The highest BCUT2D eigenvalue weighted by molar-refractivity contribution is 5.89. The van der Waals surface area contributed by atoms with Crippen molar-refractivity contribution in [3.05, 3.63) is 71.4 Å². The molecule has 134 valence electrons. The van der Waals surface area contributed by atoms with E-state index in [0.29, 0.717) is 24.6 Å². The summed E-state index contributed by atoms with van der Waals surface area (Å²) in [6.07, 6.45) is 0.386. The molecule has 0 atom stereocenters. The smallest absolute Gasteiger partial charge is 0.309 e. The highest BCUT2D eigenvalue weighted by atomic mass is 16.5. The molecule has 0 fully saturated rings. The lowest BCUT2D eigenvalue weighted by molar-refractivity contribution is 0.0914. The Bertz CT molecular complexity index is 892. The Morgan fingerprint density at radius 3 is 2.27 bits per heavy atom. The molecular formula is C19H19N3O4. The van der Waals surface area contributed by atoms with Crippen LogP contribution in [0.5, 0.6) is 11.5 Å². The molecule has 1 aromatic heterocycles. The van der Waals surface area contributed by atoms with Crippen LogP contribution in [0.25, 0.3) is 0 Å². The van der Waals surface area contributed by atoms with Gasteiger partial charge in [0.25, 0.3) is 0 Å². The molecule has 3 rings (SSSR count). The Balaban J connectivity index is 1.64. The number of methoxy groups -OCH3 is 2. The van der Waals surface area contributed by atoms with Crippen molar-refractivity contribution >= 4 is 5.91 Å². The maximum Gasteiger partial charge on any atom is 0.309 e. The van der Waals surface area contributed by atoms with E-state index in [2.05, 4.69) is 15.5 Å². The number of amides is 1. The molecule has 0 saturated heterocycles. The number of benzene rings is 2. The molecule has 0 unspecified atom stereocenters. The largest absolute Gasteiger partial charge is 0.496 e. The third-order valence-corrected chi connectivity index (χ3v) is 3.83. The lowest BCUT2D eigenvalue weighted by Crippen LogP contribution is -2.23. The first kappa shape index (κ1) is 17.5. The number of aromatic nitrogens is 2. The third-order valence-electron chi connectivity index (χ3n) is 3.83. The zero-order valence-electron chi connectivity index (χ0n) is 14.6. The Morgan fingerprint density at radius 2 is 1.58 bits per heavy atom. The van der Waals surface area contributed by atoms with E-state index in [1.807, 2.05) is 48.5 Å². The van der Waals surface area contributed by atoms with Gasteiger partial charge in [0, 0.05) is 17.7 Å². The van der Waals surface area contributed by atoms with Crippen LogP contribution in [-0.2, 0) is 13.0 Å². The van der Waals surface area contributed by atoms with Gasteiger partial charge in [-0.3, -0.25) is 4.79 Å². The van der Waals surface area contributed by atoms with E-state index in [1.54, 1.807) is 14.2 Å². The van der Waals surface area contributed by atoms with Crippen molar-refractivity contribution < 1.29 is 18.7 Å². The zero-order valence-corrected chi connectivity index (χ0v) is 14.6. The van der Waals surface area contributed by atoms with Crippen molar-refractivity contribution in [3.63, 3.8) is 0 Å². The van der Waals surface area contributed by atoms with E-state index in [1.165, 1.54) is 0 Å². The van der Waals surface area contributed by atoms with Crippen LogP contribution < -0.4 is 14.8 Å². The first-order valence-electron chi connectivity index (χ1n) is 8.05. The summed E-state index contributed by atoms with van der Waals surface area (Å²) in [5.74, 6) is 1.26. The molecule has 0 saturated carbocycles. The van der Waals surface area contributed by atoms with Crippen LogP contribution in [0, 0.1) is 0 Å². The van der Waals surface area contributed by atoms with Crippen LogP contribution >= 0.6 is 0 Å². The summed E-state index contributed by atoms with van der Waals surface area (Å²) in [5, 5.41) is 10.5. The summed E-state index contributed by atoms with van der Waals surface area (Å²) in [6, 6.07) is 15.0. The van der Waals surface area contributed by atoms with E-state index in [0.717, 1.165) is 16.9 Å². The predicted molar refractivity (Wildman–Crippen MR) is 94.3 cm³/mol. The van der Waals surface area contributed by atoms with Gasteiger partial charge in [-0.2, -0.15) is 0 Å². The molecular weight excluding hydrogens is 334 g/mol.